The summed E-state index contributed by atoms with van der Waals surface area (Å²) in [4.78, 5) is 0. The molecule has 0 aromatic heterocycles. The van der Waals surface area contributed by atoms with Crippen LogP contribution in [-0.4, -0.2) is 12.1 Å². The summed E-state index contributed by atoms with van der Waals surface area (Å²) in [5, 5.41) is 7.83. The van der Waals surface area contributed by atoms with Gasteiger partial charge in [-0.2, -0.15) is 0 Å². The molecule has 0 saturated heterocycles. The van der Waals surface area contributed by atoms with Gasteiger partial charge in [0.25, 0.3) is 0 Å². The maximum absolute atomic E-state index is 6.00. The van der Waals surface area contributed by atoms with E-state index >= 15 is 0 Å². The van der Waals surface area contributed by atoms with Gasteiger partial charge in [-0.05, 0) is 32.0 Å². The molecule has 0 radical (unpaired) electrons. The van der Waals surface area contributed by atoms with Crippen molar-refractivity contribution < 1.29 is 0 Å². The van der Waals surface area contributed by atoms with Gasteiger partial charge in [0.15, 0.2) is 0 Å². The topological polar surface area (TPSA) is 24.1 Å². The highest BCUT2D eigenvalue weighted by molar-refractivity contribution is 6.31. The first-order valence-electron chi connectivity index (χ1n) is 5.63. The largest absolute Gasteiger partial charge is 0.383 e. The summed E-state index contributed by atoms with van der Waals surface area (Å²) >= 11 is 6.00. The highest BCUT2D eigenvalue weighted by Crippen LogP contribution is 2.40. The SMILES string of the molecule is CC1(C)CNc2cc(Cl)ccc2NC1(C)C. The molecule has 1 aliphatic heterocycles. The average Bonchev–Trinajstić information content (AvgIpc) is 2.25. The first kappa shape index (κ1) is 11.6. The van der Waals surface area contributed by atoms with Crippen LogP contribution in [0.4, 0.5) is 11.4 Å². The Balaban J connectivity index is 2.43. The summed E-state index contributed by atoms with van der Waals surface area (Å²) in [6.07, 6.45) is 0. The van der Waals surface area contributed by atoms with Crippen LogP contribution in [-0.2, 0) is 0 Å². The molecule has 3 heteroatoms. The summed E-state index contributed by atoms with van der Waals surface area (Å²) in [6.45, 7) is 9.93. The normalized spacial score (nSPS) is 21.3. The molecule has 0 bridgehead atoms. The fraction of sp³-hybridized carbons (Fsp3) is 0.538. The molecule has 1 aliphatic rings. The highest BCUT2D eigenvalue weighted by atomic mass is 35.5. The van der Waals surface area contributed by atoms with Gasteiger partial charge in [-0.3, -0.25) is 0 Å². The molecular weight excluding hydrogens is 220 g/mol. The predicted octanol–water partition coefficient (Wildman–Crippen LogP) is 3.98. The number of fused-ring (bicyclic) bond motifs is 1. The van der Waals surface area contributed by atoms with Crippen LogP contribution in [0.2, 0.25) is 5.02 Å². The lowest BCUT2D eigenvalue weighted by molar-refractivity contribution is 0.245. The number of anilines is 2. The van der Waals surface area contributed by atoms with E-state index in [1.807, 2.05) is 18.2 Å². The van der Waals surface area contributed by atoms with E-state index in [0.29, 0.717) is 0 Å². The van der Waals surface area contributed by atoms with E-state index in [1.54, 1.807) is 0 Å². The van der Waals surface area contributed by atoms with Crippen molar-refractivity contribution >= 4 is 23.0 Å². The zero-order valence-corrected chi connectivity index (χ0v) is 11.1. The standard InChI is InChI=1S/C13H19ClN2/c1-12(2)8-15-11-7-9(14)5-6-10(11)16-13(12,3)4/h5-7,15-16H,8H2,1-4H3. The lowest BCUT2D eigenvalue weighted by Crippen LogP contribution is -2.47. The second kappa shape index (κ2) is 3.56. The zero-order chi connectivity index (χ0) is 12.0. The van der Waals surface area contributed by atoms with E-state index in [2.05, 4.69) is 38.3 Å². The van der Waals surface area contributed by atoms with Crippen LogP contribution in [0.3, 0.4) is 0 Å². The highest BCUT2D eigenvalue weighted by Gasteiger charge is 2.39. The molecule has 16 heavy (non-hydrogen) atoms. The molecule has 0 amide bonds. The number of hydrogen-bond donors (Lipinski definition) is 2. The fourth-order valence-corrected chi connectivity index (χ4v) is 1.99. The van der Waals surface area contributed by atoms with Crippen molar-refractivity contribution in [1.82, 2.24) is 0 Å². The second-order valence-electron chi connectivity index (χ2n) is 5.68. The van der Waals surface area contributed by atoms with E-state index in [0.717, 1.165) is 22.9 Å². The van der Waals surface area contributed by atoms with E-state index in [-0.39, 0.29) is 11.0 Å². The van der Waals surface area contributed by atoms with Crippen molar-refractivity contribution in [2.45, 2.75) is 33.2 Å². The Labute approximate surface area is 102 Å². The number of rotatable bonds is 0. The summed E-state index contributed by atoms with van der Waals surface area (Å²) < 4.78 is 0. The van der Waals surface area contributed by atoms with Gasteiger partial charge in [0.1, 0.15) is 0 Å². The van der Waals surface area contributed by atoms with Crippen LogP contribution in [0.25, 0.3) is 0 Å². The van der Waals surface area contributed by atoms with E-state index in [4.69, 9.17) is 11.6 Å². The van der Waals surface area contributed by atoms with Gasteiger partial charge >= 0.3 is 0 Å². The minimum atomic E-state index is 0.0408. The Kier molecular flexibility index (Phi) is 2.58. The quantitative estimate of drug-likeness (QED) is 0.715. The molecule has 0 aliphatic carbocycles. The fourth-order valence-electron chi connectivity index (χ4n) is 1.81. The third-order valence-corrected chi connectivity index (χ3v) is 4.08. The third kappa shape index (κ3) is 1.86. The Morgan fingerprint density at radius 3 is 2.50 bits per heavy atom. The second-order valence-corrected chi connectivity index (χ2v) is 6.11. The summed E-state index contributed by atoms with van der Waals surface area (Å²) in [5.41, 5.74) is 2.42. The van der Waals surface area contributed by atoms with Gasteiger partial charge in [0.05, 0.1) is 11.4 Å². The number of hydrogen-bond acceptors (Lipinski definition) is 2. The van der Waals surface area contributed by atoms with Crippen LogP contribution in [0.5, 0.6) is 0 Å². The lowest BCUT2D eigenvalue weighted by Gasteiger charge is -2.41. The molecule has 2 N–H and O–H groups in total. The van der Waals surface area contributed by atoms with Gasteiger partial charge in [-0.15, -0.1) is 0 Å². The van der Waals surface area contributed by atoms with Gasteiger partial charge < -0.3 is 10.6 Å². The van der Waals surface area contributed by atoms with Crippen LogP contribution in [0.1, 0.15) is 27.7 Å². The van der Waals surface area contributed by atoms with Gasteiger partial charge in [0.2, 0.25) is 0 Å². The van der Waals surface area contributed by atoms with Gasteiger partial charge in [-0.1, -0.05) is 25.4 Å². The molecule has 0 unspecified atom stereocenters. The van der Waals surface area contributed by atoms with Crippen LogP contribution >= 0.6 is 11.6 Å². The van der Waals surface area contributed by atoms with Gasteiger partial charge in [0, 0.05) is 22.5 Å². The smallest absolute Gasteiger partial charge is 0.0591 e. The zero-order valence-electron chi connectivity index (χ0n) is 10.3. The van der Waals surface area contributed by atoms with Crippen molar-refractivity contribution in [1.29, 1.82) is 0 Å². The summed E-state index contributed by atoms with van der Waals surface area (Å²) in [7, 11) is 0. The maximum Gasteiger partial charge on any atom is 0.0591 e. The molecule has 0 atom stereocenters. The minimum absolute atomic E-state index is 0.0408. The molecule has 1 aromatic rings. The predicted molar refractivity (Wildman–Crippen MR) is 71.4 cm³/mol. The van der Waals surface area contributed by atoms with Crippen molar-refractivity contribution in [2.75, 3.05) is 17.2 Å². The number of halogens is 1. The van der Waals surface area contributed by atoms with Crippen LogP contribution in [0.15, 0.2) is 18.2 Å². The molecule has 2 nitrogen and oxygen atoms in total. The first-order valence-corrected chi connectivity index (χ1v) is 6.01. The Bertz CT molecular complexity index is 410. The molecule has 1 aromatic carbocycles. The molecule has 0 spiro atoms. The van der Waals surface area contributed by atoms with E-state index in [1.165, 1.54) is 0 Å². The van der Waals surface area contributed by atoms with Crippen molar-refractivity contribution in [3.8, 4) is 0 Å². The third-order valence-electron chi connectivity index (χ3n) is 3.84. The molecule has 0 fully saturated rings. The van der Waals surface area contributed by atoms with Crippen molar-refractivity contribution in [2.24, 2.45) is 5.41 Å². The number of nitrogens with one attached hydrogen (secondary N) is 2. The molecular formula is C13H19ClN2. The lowest BCUT2D eigenvalue weighted by atomic mass is 9.74. The average molecular weight is 239 g/mol. The maximum atomic E-state index is 6.00. The Hall–Kier alpha value is -0.890. The molecule has 1 heterocycles. The summed E-state index contributed by atoms with van der Waals surface area (Å²) in [5.74, 6) is 0. The summed E-state index contributed by atoms with van der Waals surface area (Å²) in [6, 6.07) is 5.93. The molecule has 88 valence electrons. The van der Waals surface area contributed by atoms with E-state index in [9.17, 15) is 0 Å². The minimum Gasteiger partial charge on any atom is -0.383 e. The van der Waals surface area contributed by atoms with Gasteiger partial charge in [-0.25, -0.2) is 0 Å². The van der Waals surface area contributed by atoms with Crippen molar-refractivity contribution in [3.05, 3.63) is 23.2 Å². The molecule has 0 saturated carbocycles. The number of benzene rings is 1. The van der Waals surface area contributed by atoms with Crippen LogP contribution < -0.4 is 10.6 Å². The van der Waals surface area contributed by atoms with Crippen molar-refractivity contribution in [3.63, 3.8) is 0 Å². The first-order chi connectivity index (χ1) is 7.32. The van der Waals surface area contributed by atoms with E-state index < -0.39 is 0 Å². The monoisotopic (exact) mass is 238 g/mol. The Morgan fingerprint density at radius 1 is 1.12 bits per heavy atom. The molecule has 2 rings (SSSR count). The Morgan fingerprint density at radius 2 is 1.81 bits per heavy atom. The van der Waals surface area contributed by atoms with Crippen LogP contribution in [0, 0.1) is 5.41 Å².